The summed E-state index contributed by atoms with van der Waals surface area (Å²) in [6.45, 7) is 0.375. The zero-order chi connectivity index (χ0) is 17.7. The van der Waals surface area contributed by atoms with Gasteiger partial charge < -0.3 is 20.9 Å². The summed E-state index contributed by atoms with van der Waals surface area (Å²) in [5.74, 6) is -3.31. The summed E-state index contributed by atoms with van der Waals surface area (Å²) >= 11 is 0. The van der Waals surface area contributed by atoms with Crippen molar-refractivity contribution >= 4 is 17.7 Å². The number of nitrogens with one attached hydrogen (secondary N) is 1. The Kier molecular flexibility index (Phi) is 5.80. The molecule has 1 saturated heterocycles. The Labute approximate surface area is 137 Å². The normalized spacial score (nSPS) is 14.5. The molecular formula is C15H18F2N4O3. The van der Waals surface area contributed by atoms with Crippen molar-refractivity contribution in [1.29, 1.82) is 0 Å². The van der Waals surface area contributed by atoms with Gasteiger partial charge in [0, 0.05) is 26.2 Å². The van der Waals surface area contributed by atoms with Gasteiger partial charge in [-0.15, -0.1) is 0 Å². The Hall–Kier alpha value is -2.55. The van der Waals surface area contributed by atoms with Crippen LogP contribution in [0.2, 0.25) is 0 Å². The SMILES string of the molecule is NCC(=O)NCC(=O)N1CCN(C(=O)c2c(F)cccc2F)CC1. The predicted octanol–water partition coefficient (Wildman–Crippen LogP) is -0.676. The number of amides is 3. The standard InChI is InChI=1S/C15H18F2N4O3/c16-10-2-1-3-11(17)14(10)15(24)21-6-4-20(5-7-21)13(23)9-19-12(22)8-18/h1-3H,4-9,18H2,(H,19,22). The van der Waals surface area contributed by atoms with Gasteiger partial charge >= 0.3 is 0 Å². The topological polar surface area (TPSA) is 95.7 Å². The molecule has 0 spiro atoms. The van der Waals surface area contributed by atoms with Crippen molar-refractivity contribution in [2.75, 3.05) is 39.3 Å². The fourth-order valence-electron chi connectivity index (χ4n) is 2.38. The lowest BCUT2D eigenvalue weighted by Crippen LogP contribution is -2.53. The summed E-state index contributed by atoms with van der Waals surface area (Å²) in [5, 5.41) is 2.37. The van der Waals surface area contributed by atoms with Crippen LogP contribution in [0.3, 0.4) is 0 Å². The van der Waals surface area contributed by atoms with Gasteiger partial charge in [0.1, 0.15) is 17.2 Å². The van der Waals surface area contributed by atoms with Crippen LogP contribution in [-0.4, -0.2) is 66.8 Å². The molecular weight excluding hydrogens is 322 g/mol. The van der Waals surface area contributed by atoms with Gasteiger partial charge in [-0.2, -0.15) is 0 Å². The molecule has 0 aromatic heterocycles. The smallest absolute Gasteiger partial charge is 0.259 e. The lowest BCUT2D eigenvalue weighted by Gasteiger charge is -2.35. The van der Waals surface area contributed by atoms with Gasteiger partial charge in [-0.05, 0) is 12.1 Å². The third-order valence-electron chi connectivity index (χ3n) is 3.72. The van der Waals surface area contributed by atoms with Crippen molar-refractivity contribution in [3.05, 3.63) is 35.4 Å². The molecule has 1 aliphatic heterocycles. The second-order valence-electron chi connectivity index (χ2n) is 5.25. The van der Waals surface area contributed by atoms with Gasteiger partial charge in [0.2, 0.25) is 11.8 Å². The molecule has 0 unspecified atom stereocenters. The second kappa shape index (κ2) is 7.82. The molecule has 0 aliphatic carbocycles. The average molecular weight is 340 g/mol. The van der Waals surface area contributed by atoms with E-state index in [0.717, 1.165) is 12.1 Å². The molecule has 0 atom stereocenters. The molecule has 2 rings (SSSR count). The Morgan fingerprint density at radius 3 is 2.12 bits per heavy atom. The van der Waals surface area contributed by atoms with Gasteiger partial charge in [0.15, 0.2) is 0 Å². The number of hydrogen-bond acceptors (Lipinski definition) is 4. The van der Waals surface area contributed by atoms with E-state index in [0.29, 0.717) is 0 Å². The van der Waals surface area contributed by atoms with Crippen molar-refractivity contribution in [3.63, 3.8) is 0 Å². The molecule has 1 aromatic carbocycles. The fourth-order valence-corrected chi connectivity index (χ4v) is 2.38. The summed E-state index contributed by atoms with van der Waals surface area (Å²) in [7, 11) is 0. The summed E-state index contributed by atoms with van der Waals surface area (Å²) < 4.78 is 27.3. The van der Waals surface area contributed by atoms with Crippen LogP contribution in [0.15, 0.2) is 18.2 Å². The zero-order valence-electron chi connectivity index (χ0n) is 12.9. The first-order chi connectivity index (χ1) is 11.4. The lowest BCUT2D eigenvalue weighted by atomic mass is 10.1. The molecule has 3 amide bonds. The van der Waals surface area contributed by atoms with Gasteiger partial charge in [-0.25, -0.2) is 8.78 Å². The number of halogens is 2. The highest BCUT2D eigenvalue weighted by atomic mass is 19.1. The average Bonchev–Trinajstić information content (AvgIpc) is 2.59. The molecule has 0 saturated carbocycles. The van der Waals surface area contributed by atoms with Crippen molar-refractivity contribution in [1.82, 2.24) is 15.1 Å². The highest BCUT2D eigenvalue weighted by molar-refractivity contribution is 5.95. The van der Waals surface area contributed by atoms with Gasteiger partial charge in [0.05, 0.1) is 13.1 Å². The Bertz CT molecular complexity index is 625. The van der Waals surface area contributed by atoms with E-state index < -0.39 is 29.0 Å². The first-order valence-corrected chi connectivity index (χ1v) is 7.42. The second-order valence-corrected chi connectivity index (χ2v) is 5.25. The number of carbonyl (C=O) groups is 3. The van der Waals surface area contributed by atoms with Crippen LogP contribution < -0.4 is 11.1 Å². The largest absolute Gasteiger partial charge is 0.346 e. The molecule has 9 heteroatoms. The van der Waals surface area contributed by atoms with Crippen LogP contribution in [0, 0.1) is 11.6 Å². The molecule has 24 heavy (non-hydrogen) atoms. The van der Waals surface area contributed by atoms with Gasteiger partial charge in [-0.1, -0.05) is 6.07 Å². The lowest BCUT2D eigenvalue weighted by molar-refractivity contribution is -0.133. The maximum atomic E-state index is 13.7. The van der Waals surface area contributed by atoms with Crippen LogP contribution in [0.5, 0.6) is 0 Å². The van der Waals surface area contributed by atoms with Crippen molar-refractivity contribution in [2.45, 2.75) is 0 Å². The number of piperazine rings is 1. The molecule has 1 heterocycles. The van der Waals surface area contributed by atoms with Crippen molar-refractivity contribution < 1.29 is 23.2 Å². The van der Waals surface area contributed by atoms with Crippen molar-refractivity contribution in [2.24, 2.45) is 5.73 Å². The zero-order valence-corrected chi connectivity index (χ0v) is 12.9. The molecule has 0 bridgehead atoms. The quantitative estimate of drug-likeness (QED) is 0.759. The highest BCUT2D eigenvalue weighted by Gasteiger charge is 2.28. The number of rotatable bonds is 4. The molecule has 1 aromatic rings. The first-order valence-electron chi connectivity index (χ1n) is 7.42. The fraction of sp³-hybridized carbons (Fsp3) is 0.400. The molecule has 130 valence electrons. The van der Waals surface area contributed by atoms with Crippen LogP contribution >= 0.6 is 0 Å². The molecule has 3 N–H and O–H groups in total. The minimum absolute atomic E-state index is 0.156. The molecule has 1 fully saturated rings. The maximum Gasteiger partial charge on any atom is 0.259 e. The summed E-state index contributed by atoms with van der Waals surface area (Å²) in [6.07, 6.45) is 0. The van der Waals surface area contributed by atoms with E-state index in [2.05, 4.69) is 5.32 Å². The van der Waals surface area contributed by atoms with E-state index in [9.17, 15) is 23.2 Å². The molecule has 7 nitrogen and oxygen atoms in total. The van der Waals surface area contributed by atoms with E-state index in [1.165, 1.54) is 15.9 Å². The summed E-state index contributed by atoms with van der Waals surface area (Å²) in [4.78, 5) is 38.0. The molecule has 0 radical (unpaired) electrons. The van der Waals surface area contributed by atoms with Crippen molar-refractivity contribution in [3.8, 4) is 0 Å². The molecule has 1 aliphatic rings. The van der Waals surface area contributed by atoms with Gasteiger partial charge in [-0.3, -0.25) is 14.4 Å². The van der Waals surface area contributed by atoms with Crippen LogP contribution in [0.1, 0.15) is 10.4 Å². The number of nitrogens with zero attached hydrogens (tertiary/aromatic N) is 2. The Morgan fingerprint density at radius 1 is 1.04 bits per heavy atom. The van der Waals surface area contributed by atoms with E-state index >= 15 is 0 Å². The Morgan fingerprint density at radius 2 is 1.58 bits per heavy atom. The van der Waals surface area contributed by atoms with E-state index in [4.69, 9.17) is 5.73 Å². The Balaban J connectivity index is 1.92. The predicted molar refractivity (Wildman–Crippen MR) is 80.9 cm³/mol. The van der Waals surface area contributed by atoms with Gasteiger partial charge in [0.25, 0.3) is 5.91 Å². The number of benzene rings is 1. The van der Waals surface area contributed by atoms with E-state index in [1.54, 1.807) is 0 Å². The first kappa shape index (κ1) is 17.8. The third-order valence-corrected chi connectivity index (χ3v) is 3.72. The van der Waals surface area contributed by atoms with Crippen LogP contribution in [-0.2, 0) is 9.59 Å². The van der Waals surface area contributed by atoms with E-state index in [1.807, 2.05) is 0 Å². The highest BCUT2D eigenvalue weighted by Crippen LogP contribution is 2.16. The van der Waals surface area contributed by atoms with Crippen LogP contribution in [0.4, 0.5) is 8.78 Å². The monoisotopic (exact) mass is 340 g/mol. The summed E-state index contributed by atoms with van der Waals surface area (Å²) in [6, 6.07) is 3.24. The third kappa shape index (κ3) is 4.05. The van der Waals surface area contributed by atoms with Crippen LogP contribution in [0.25, 0.3) is 0 Å². The minimum Gasteiger partial charge on any atom is -0.346 e. The summed E-state index contributed by atoms with van der Waals surface area (Å²) in [5.41, 5.74) is 4.54. The maximum absolute atomic E-state index is 13.7. The minimum atomic E-state index is -0.914. The van der Waals surface area contributed by atoms with E-state index in [-0.39, 0.29) is 45.2 Å². The number of hydrogen-bond donors (Lipinski definition) is 2. The number of carbonyl (C=O) groups excluding carboxylic acids is 3. The number of nitrogens with two attached hydrogens (primary N) is 1.